The van der Waals surface area contributed by atoms with E-state index < -0.39 is 17.9 Å². The summed E-state index contributed by atoms with van der Waals surface area (Å²) in [5.74, 6) is -3.14. The van der Waals surface area contributed by atoms with Crippen molar-refractivity contribution >= 4 is 17.9 Å². The maximum atomic E-state index is 10.1. The smallest absolute Gasteiger partial charge is 0.331 e. The second-order valence-corrected chi connectivity index (χ2v) is 3.73. The number of hydrogen-bond donors (Lipinski definition) is 3. The first-order valence-electron chi connectivity index (χ1n) is 5.38. The molecule has 0 heterocycles. The second kappa shape index (κ2) is 7.26. The Kier molecular flexibility index (Phi) is 6.41. The summed E-state index contributed by atoms with van der Waals surface area (Å²) in [5, 5.41) is 24.8. The van der Waals surface area contributed by atoms with Crippen LogP contribution in [-0.2, 0) is 14.4 Å². The van der Waals surface area contributed by atoms with Crippen LogP contribution in [0.1, 0.15) is 33.1 Å². The number of allylic oxidation sites excluding steroid dienone is 1. The lowest BCUT2D eigenvalue weighted by molar-refractivity contribution is -0.135. The van der Waals surface area contributed by atoms with Crippen molar-refractivity contribution < 1.29 is 29.7 Å². The quantitative estimate of drug-likeness (QED) is 0.659. The molecule has 0 amide bonds. The van der Waals surface area contributed by atoms with Gasteiger partial charge in [0.25, 0.3) is 0 Å². The van der Waals surface area contributed by atoms with Crippen molar-refractivity contribution in [3.8, 4) is 0 Å². The molecule has 1 rings (SSSR count). The lowest BCUT2D eigenvalue weighted by Gasteiger charge is -2.15. The van der Waals surface area contributed by atoms with Gasteiger partial charge in [-0.25, -0.2) is 14.4 Å². The molecule has 0 aliphatic heterocycles. The molecule has 100 valence electrons. The highest BCUT2D eigenvalue weighted by molar-refractivity contribution is 5.94. The summed E-state index contributed by atoms with van der Waals surface area (Å²) in [6.45, 7) is 3.45. The fraction of sp³-hybridized carbons (Fsp3) is 0.417. The Labute approximate surface area is 104 Å². The van der Waals surface area contributed by atoms with E-state index in [1.54, 1.807) is 6.92 Å². The number of hydrogen-bond acceptors (Lipinski definition) is 3. The molecule has 0 saturated carbocycles. The van der Waals surface area contributed by atoms with E-state index >= 15 is 0 Å². The van der Waals surface area contributed by atoms with Gasteiger partial charge in [0.05, 0.1) is 0 Å². The van der Waals surface area contributed by atoms with Crippen LogP contribution in [0.25, 0.3) is 0 Å². The first-order valence-corrected chi connectivity index (χ1v) is 5.38. The summed E-state index contributed by atoms with van der Waals surface area (Å²) >= 11 is 0. The Hall–Kier alpha value is -2.11. The second-order valence-electron chi connectivity index (χ2n) is 3.73. The molecule has 6 heteroatoms. The molecule has 1 aliphatic rings. The van der Waals surface area contributed by atoms with Crippen molar-refractivity contribution in [3.63, 3.8) is 0 Å². The van der Waals surface area contributed by atoms with Gasteiger partial charge in [0.2, 0.25) is 0 Å². The molecule has 0 unspecified atom stereocenters. The number of carboxylic acid groups (broad SMARTS) is 3. The van der Waals surface area contributed by atoms with E-state index in [2.05, 4.69) is 0 Å². The number of rotatable bonds is 4. The van der Waals surface area contributed by atoms with Gasteiger partial charge in [0.15, 0.2) is 0 Å². The monoisotopic (exact) mass is 256 g/mol. The van der Waals surface area contributed by atoms with Gasteiger partial charge in [0.1, 0.15) is 0 Å². The molecule has 0 bridgehead atoms. The number of aliphatic carboxylic acids is 3. The standard InChI is InChI=1S/C6H8O4.C6H8O2/c1-2-4(6(9)10)3-5(7)8;1-4-2-3-5(4)6(7)8/h3H,2H2,1H3,(H,7,8)(H,9,10);2-3H2,1H3,(H,7,8)/b4-3-;. The third kappa shape index (κ3) is 5.29. The Bertz CT molecular complexity index is 416. The molecule has 0 atom stereocenters. The summed E-state index contributed by atoms with van der Waals surface area (Å²) in [6, 6.07) is 0. The van der Waals surface area contributed by atoms with E-state index in [1.807, 2.05) is 6.92 Å². The summed E-state index contributed by atoms with van der Waals surface area (Å²) in [6.07, 6.45) is 2.66. The van der Waals surface area contributed by atoms with Gasteiger partial charge >= 0.3 is 17.9 Å². The molecule has 0 radical (unpaired) electrons. The van der Waals surface area contributed by atoms with Crippen molar-refractivity contribution in [2.45, 2.75) is 33.1 Å². The summed E-state index contributed by atoms with van der Waals surface area (Å²) in [5.41, 5.74) is 1.56. The zero-order valence-corrected chi connectivity index (χ0v) is 10.3. The zero-order chi connectivity index (χ0) is 14.3. The van der Waals surface area contributed by atoms with Crippen LogP contribution >= 0.6 is 0 Å². The maximum absolute atomic E-state index is 10.1. The van der Waals surface area contributed by atoms with Crippen LogP contribution < -0.4 is 0 Å². The Balaban J connectivity index is 0.000000327. The number of carbonyl (C=O) groups is 3. The van der Waals surface area contributed by atoms with Crippen LogP contribution in [0.4, 0.5) is 0 Å². The average molecular weight is 256 g/mol. The fourth-order valence-electron chi connectivity index (χ4n) is 1.25. The van der Waals surface area contributed by atoms with E-state index in [9.17, 15) is 14.4 Å². The topological polar surface area (TPSA) is 112 Å². The highest BCUT2D eigenvalue weighted by atomic mass is 16.4. The molecule has 0 aromatic carbocycles. The van der Waals surface area contributed by atoms with Crippen molar-refractivity contribution in [3.05, 3.63) is 22.8 Å². The van der Waals surface area contributed by atoms with Gasteiger partial charge in [-0.2, -0.15) is 0 Å². The maximum Gasteiger partial charge on any atom is 0.331 e. The van der Waals surface area contributed by atoms with Gasteiger partial charge in [0, 0.05) is 17.2 Å². The molecule has 0 spiro atoms. The van der Waals surface area contributed by atoms with Crippen molar-refractivity contribution in [2.75, 3.05) is 0 Å². The van der Waals surface area contributed by atoms with E-state index in [-0.39, 0.29) is 12.0 Å². The summed E-state index contributed by atoms with van der Waals surface area (Å²) < 4.78 is 0. The Morgan fingerprint density at radius 3 is 1.78 bits per heavy atom. The third-order valence-electron chi connectivity index (χ3n) is 2.48. The molecule has 6 nitrogen and oxygen atoms in total. The van der Waals surface area contributed by atoms with Gasteiger partial charge in [-0.3, -0.25) is 0 Å². The van der Waals surface area contributed by atoms with E-state index in [4.69, 9.17) is 15.3 Å². The van der Waals surface area contributed by atoms with Crippen LogP contribution in [0.15, 0.2) is 22.8 Å². The Morgan fingerprint density at radius 1 is 1.17 bits per heavy atom. The van der Waals surface area contributed by atoms with Crippen LogP contribution in [0.3, 0.4) is 0 Å². The summed E-state index contributed by atoms with van der Waals surface area (Å²) in [4.78, 5) is 30.2. The fourth-order valence-corrected chi connectivity index (χ4v) is 1.25. The minimum Gasteiger partial charge on any atom is -0.478 e. The van der Waals surface area contributed by atoms with Crippen molar-refractivity contribution in [2.24, 2.45) is 0 Å². The highest BCUT2D eigenvalue weighted by Crippen LogP contribution is 2.26. The average Bonchev–Trinajstić information content (AvgIpc) is 2.23. The van der Waals surface area contributed by atoms with E-state index in [0.29, 0.717) is 11.6 Å². The SMILES string of the molecule is CC/C(=C/C(=O)O)C(=O)O.CC1=C(C(=O)O)CC1. The van der Waals surface area contributed by atoms with Crippen LogP contribution in [0.5, 0.6) is 0 Å². The summed E-state index contributed by atoms with van der Waals surface area (Å²) in [7, 11) is 0. The van der Waals surface area contributed by atoms with Crippen LogP contribution in [0.2, 0.25) is 0 Å². The lowest BCUT2D eigenvalue weighted by Crippen LogP contribution is -2.10. The van der Waals surface area contributed by atoms with Crippen LogP contribution in [-0.4, -0.2) is 33.2 Å². The molecule has 18 heavy (non-hydrogen) atoms. The zero-order valence-electron chi connectivity index (χ0n) is 10.3. The molecule has 1 aliphatic carbocycles. The third-order valence-corrected chi connectivity index (χ3v) is 2.48. The van der Waals surface area contributed by atoms with Crippen molar-refractivity contribution in [1.29, 1.82) is 0 Å². The van der Waals surface area contributed by atoms with Gasteiger partial charge in [-0.15, -0.1) is 0 Å². The van der Waals surface area contributed by atoms with Crippen molar-refractivity contribution in [1.82, 2.24) is 0 Å². The van der Waals surface area contributed by atoms with Crippen LogP contribution in [0, 0.1) is 0 Å². The van der Waals surface area contributed by atoms with Gasteiger partial charge < -0.3 is 15.3 Å². The van der Waals surface area contributed by atoms with Gasteiger partial charge in [-0.1, -0.05) is 12.5 Å². The minimum absolute atomic E-state index is 0.0903. The highest BCUT2D eigenvalue weighted by Gasteiger charge is 2.18. The first-order chi connectivity index (χ1) is 8.29. The minimum atomic E-state index is -1.22. The molecule has 3 N–H and O–H groups in total. The van der Waals surface area contributed by atoms with E-state index in [1.165, 1.54) is 0 Å². The lowest BCUT2D eigenvalue weighted by atomic mass is 9.90. The number of carboxylic acids is 3. The normalized spacial score (nSPS) is 14.2. The van der Waals surface area contributed by atoms with Gasteiger partial charge in [-0.05, 0) is 26.2 Å². The molecule has 0 aromatic rings. The molecule has 0 saturated heterocycles. The predicted molar refractivity (Wildman–Crippen MR) is 63.2 cm³/mol. The van der Waals surface area contributed by atoms with E-state index in [0.717, 1.165) is 18.4 Å². The molecule has 0 fully saturated rings. The Morgan fingerprint density at radius 2 is 1.72 bits per heavy atom. The molecular formula is C12H16O6. The molecule has 0 aromatic heterocycles. The predicted octanol–water partition coefficient (Wildman–Crippen LogP) is 1.67. The largest absolute Gasteiger partial charge is 0.478 e. The molecular weight excluding hydrogens is 240 g/mol. The first kappa shape index (κ1) is 15.9.